The van der Waals surface area contributed by atoms with Gasteiger partial charge in [0.25, 0.3) is 5.91 Å². The van der Waals surface area contributed by atoms with Gasteiger partial charge in [-0.25, -0.2) is 9.37 Å². The third-order valence-corrected chi connectivity index (χ3v) is 5.69. The highest BCUT2D eigenvalue weighted by Gasteiger charge is 2.15. The fourth-order valence-electron chi connectivity index (χ4n) is 2.95. The van der Waals surface area contributed by atoms with Crippen molar-refractivity contribution in [2.45, 2.75) is 0 Å². The summed E-state index contributed by atoms with van der Waals surface area (Å²) in [6.07, 6.45) is 0. The van der Waals surface area contributed by atoms with Crippen LogP contribution >= 0.6 is 22.9 Å². The molecule has 1 aliphatic heterocycles. The molecule has 30 heavy (non-hydrogen) atoms. The Morgan fingerprint density at radius 2 is 2.00 bits per heavy atom. The van der Waals surface area contributed by atoms with Crippen molar-refractivity contribution in [2.75, 3.05) is 43.1 Å². The van der Waals surface area contributed by atoms with Crippen LogP contribution in [-0.4, -0.2) is 43.8 Å². The minimum atomic E-state index is -0.464. The van der Waals surface area contributed by atoms with Crippen LogP contribution in [0, 0.1) is 5.82 Å². The van der Waals surface area contributed by atoms with Crippen LogP contribution in [0.15, 0.2) is 47.8 Å². The summed E-state index contributed by atoms with van der Waals surface area (Å²) in [6, 6.07) is 11.2. The molecule has 2 heterocycles. The van der Waals surface area contributed by atoms with Crippen LogP contribution in [-0.2, 0) is 9.53 Å². The molecule has 0 bridgehead atoms. The number of amides is 1. The largest absolute Gasteiger partial charge is 0.482 e. The Morgan fingerprint density at radius 1 is 1.23 bits per heavy atom. The van der Waals surface area contributed by atoms with Gasteiger partial charge in [-0.05, 0) is 30.3 Å². The standard InChI is InChI=1S/C21H19ClFN3O3S/c22-17-11-15(23)3-6-19(17)29-12-20(27)24-16-4-1-14(2-5-16)18-13-30-21(25-18)26-7-9-28-10-8-26/h1-6,11,13H,7-10,12H2,(H,24,27). The van der Waals surface area contributed by atoms with E-state index in [-0.39, 0.29) is 23.3 Å². The third kappa shape index (κ3) is 5.08. The lowest BCUT2D eigenvalue weighted by molar-refractivity contribution is -0.118. The van der Waals surface area contributed by atoms with Crippen molar-refractivity contribution in [1.29, 1.82) is 0 Å². The highest BCUT2D eigenvalue weighted by Crippen LogP contribution is 2.29. The number of nitrogens with zero attached hydrogens (tertiary/aromatic N) is 2. The van der Waals surface area contributed by atoms with Gasteiger partial charge < -0.3 is 19.7 Å². The summed E-state index contributed by atoms with van der Waals surface area (Å²) in [7, 11) is 0. The van der Waals surface area contributed by atoms with Gasteiger partial charge in [-0.1, -0.05) is 23.7 Å². The Hall–Kier alpha value is -2.68. The van der Waals surface area contributed by atoms with Crippen molar-refractivity contribution in [2.24, 2.45) is 0 Å². The highest BCUT2D eigenvalue weighted by molar-refractivity contribution is 7.14. The summed E-state index contributed by atoms with van der Waals surface area (Å²) in [6.45, 7) is 2.91. The number of anilines is 2. The molecule has 1 saturated heterocycles. The molecule has 6 nitrogen and oxygen atoms in total. The zero-order valence-corrected chi connectivity index (χ0v) is 17.5. The van der Waals surface area contributed by atoms with E-state index in [4.69, 9.17) is 26.1 Å². The number of hydrogen-bond acceptors (Lipinski definition) is 6. The molecule has 1 aromatic heterocycles. The first kappa shape index (κ1) is 20.6. The van der Waals surface area contributed by atoms with Crippen molar-refractivity contribution in [3.05, 3.63) is 58.7 Å². The van der Waals surface area contributed by atoms with Gasteiger partial charge in [0, 0.05) is 29.7 Å². The second-order valence-electron chi connectivity index (χ2n) is 6.60. The summed E-state index contributed by atoms with van der Waals surface area (Å²) < 4.78 is 23.8. The minimum absolute atomic E-state index is 0.117. The molecule has 0 spiro atoms. The molecule has 1 N–H and O–H groups in total. The zero-order valence-electron chi connectivity index (χ0n) is 15.9. The maximum absolute atomic E-state index is 13.1. The Morgan fingerprint density at radius 3 is 2.73 bits per heavy atom. The van der Waals surface area contributed by atoms with E-state index >= 15 is 0 Å². The van der Waals surface area contributed by atoms with Crippen LogP contribution in [0.5, 0.6) is 5.75 Å². The predicted molar refractivity (Wildman–Crippen MR) is 116 cm³/mol. The van der Waals surface area contributed by atoms with Gasteiger partial charge in [-0.2, -0.15) is 0 Å². The topological polar surface area (TPSA) is 63.7 Å². The molecule has 1 amide bonds. The molecule has 0 radical (unpaired) electrons. The summed E-state index contributed by atoms with van der Waals surface area (Å²) in [5.41, 5.74) is 2.51. The van der Waals surface area contributed by atoms with E-state index in [0.717, 1.165) is 48.8 Å². The lowest BCUT2D eigenvalue weighted by Crippen LogP contribution is -2.36. The smallest absolute Gasteiger partial charge is 0.262 e. The van der Waals surface area contributed by atoms with Gasteiger partial charge in [0.15, 0.2) is 11.7 Å². The van der Waals surface area contributed by atoms with Gasteiger partial charge in [0.1, 0.15) is 11.6 Å². The quantitative estimate of drug-likeness (QED) is 0.604. The average Bonchev–Trinajstić information content (AvgIpc) is 3.25. The minimum Gasteiger partial charge on any atom is -0.482 e. The maximum Gasteiger partial charge on any atom is 0.262 e. The number of hydrogen-bond donors (Lipinski definition) is 1. The van der Waals surface area contributed by atoms with Crippen molar-refractivity contribution >= 4 is 39.7 Å². The summed E-state index contributed by atoms with van der Waals surface area (Å²) in [5, 5.41) is 5.89. The van der Waals surface area contributed by atoms with Crippen LogP contribution in [0.25, 0.3) is 11.3 Å². The molecule has 0 atom stereocenters. The number of ether oxygens (including phenoxy) is 2. The zero-order chi connectivity index (χ0) is 20.9. The van der Waals surface area contributed by atoms with Gasteiger partial charge in [-0.15, -0.1) is 11.3 Å². The molecule has 156 valence electrons. The van der Waals surface area contributed by atoms with E-state index in [9.17, 15) is 9.18 Å². The maximum atomic E-state index is 13.1. The fraction of sp³-hybridized carbons (Fsp3) is 0.238. The Kier molecular flexibility index (Phi) is 6.47. The van der Waals surface area contributed by atoms with Crippen LogP contribution in [0.2, 0.25) is 5.02 Å². The normalized spacial score (nSPS) is 13.9. The van der Waals surface area contributed by atoms with Crippen LogP contribution in [0.1, 0.15) is 0 Å². The van der Waals surface area contributed by atoms with Crippen LogP contribution in [0.4, 0.5) is 15.2 Å². The first-order valence-corrected chi connectivity index (χ1v) is 10.6. The average molecular weight is 448 g/mol. The highest BCUT2D eigenvalue weighted by atomic mass is 35.5. The number of morpholine rings is 1. The Labute approximate surface area is 182 Å². The number of carbonyl (C=O) groups is 1. The number of carbonyl (C=O) groups excluding carboxylic acids is 1. The first-order valence-electron chi connectivity index (χ1n) is 9.35. The summed E-state index contributed by atoms with van der Waals surface area (Å²) in [4.78, 5) is 19.1. The lowest BCUT2D eigenvalue weighted by atomic mass is 10.1. The number of rotatable bonds is 6. The molecular weight excluding hydrogens is 429 g/mol. The van der Waals surface area contributed by atoms with Crippen molar-refractivity contribution in [3.8, 4) is 17.0 Å². The van der Waals surface area contributed by atoms with E-state index in [0.29, 0.717) is 5.69 Å². The molecule has 1 aliphatic rings. The fourth-order valence-corrected chi connectivity index (χ4v) is 4.06. The molecule has 1 fully saturated rings. The molecule has 2 aromatic carbocycles. The van der Waals surface area contributed by atoms with Crippen molar-refractivity contribution in [1.82, 2.24) is 4.98 Å². The first-order chi connectivity index (χ1) is 14.6. The number of benzene rings is 2. The third-order valence-electron chi connectivity index (χ3n) is 4.49. The molecule has 3 aromatic rings. The van der Waals surface area contributed by atoms with E-state index in [1.807, 2.05) is 29.6 Å². The molecule has 0 unspecified atom stereocenters. The van der Waals surface area contributed by atoms with Crippen molar-refractivity contribution < 1.29 is 18.7 Å². The lowest BCUT2D eigenvalue weighted by Gasteiger charge is -2.26. The van der Waals surface area contributed by atoms with Crippen LogP contribution in [0.3, 0.4) is 0 Å². The monoisotopic (exact) mass is 447 g/mol. The van der Waals surface area contributed by atoms with E-state index < -0.39 is 5.82 Å². The van der Waals surface area contributed by atoms with Crippen LogP contribution < -0.4 is 15.0 Å². The van der Waals surface area contributed by atoms with E-state index in [2.05, 4.69) is 10.2 Å². The second kappa shape index (κ2) is 9.42. The van der Waals surface area contributed by atoms with Crippen molar-refractivity contribution in [3.63, 3.8) is 0 Å². The van der Waals surface area contributed by atoms with Gasteiger partial charge in [0.05, 0.1) is 23.9 Å². The number of aromatic nitrogens is 1. The Bertz CT molecular complexity index is 1020. The number of thiazole rings is 1. The number of halogens is 2. The molecule has 4 rings (SSSR count). The Balaban J connectivity index is 1.33. The van der Waals surface area contributed by atoms with E-state index in [1.165, 1.54) is 12.1 Å². The molecule has 9 heteroatoms. The molecule has 0 aliphatic carbocycles. The molecular formula is C21H19ClFN3O3S. The number of nitrogens with one attached hydrogen (secondary N) is 1. The summed E-state index contributed by atoms with van der Waals surface area (Å²) in [5.74, 6) is -0.552. The second-order valence-corrected chi connectivity index (χ2v) is 7.85. The SMILES string of the molecule is O=C(COc1ccc(F)cc1Cl)Nc1ccc(-c2csc(N3CCOCC3)n2)cc1. The van der Waals surface area contributed by atoms with Gasteiger partial charge >= 0.3 is 0 Å². The van der Waals surface area contributed by atoms with E-state index in [1.54, 1.807) is 11.3 Å². The predicted octanol–water partition coefficient (Wildman–Crippen LogP) is 4.46. The van der Waals surface area contributed by atoms with Gasteiger partial charge in [0.2, 0.25) is 0 Å². The van der Waals surface area contributed by atoms with Gasteiger partial charge in [-0.3, -0.25) is 4.79 Å². The summed E-state index contributed by atoms with van der Waals surface area (Å²) >= 11 is 7.50. The molecule has 0 saturated carbocycles.